The van der Waals surface area contributed by atoms with Crippen LogP contribution in [0.25, 0.3) is 0 Å². The fourth-order valence-electron chi connectivity index (χ4n) is 3.44. The van der Waals surface area contributed by atoms with Crippen LogP contribution in [0.3, 0.4) is 0 Å². The minimum atomic E-state index is -3.71. The van der Waals surface area contributed by atoms with Crippen molar-refractivity contribution in [1.82, 2.24) is 4.31 Å². The minimum absolute atomic E-state index is 0.0756. The smallest absolute Gasteiger partial charge is 0.243 e. The topological polar surface area (TPSA) is 124 Å². The van der Waals surface area contributed by atoms with Crippen LogP contribution in [0.15, 0.2) is 58.3 Å². The van der Waals surface area contributed by atoms with E-state index >= 15 is 0 Å². The molecule has 1 aliphatic rings. The largest absolute Gasteiger partial charge is 0.325 e. The van der Waals surface area contributed by atoms with Crippen molar-refractivity contribution in [2.75, 3.05) is 24.2 Å². The molecule has 164 valence electrons. The van der Waals surface area contributed by atoms with Crippen molar-refractivity contribution in [1.29, 1.82) is 5.26 Å². The molecule has 0 saturated carbocycles. The number of nitrogens with zero attached hydrogens (tertiary/aromatic N) is 2. The van der Waals surface area contributed by atoms with E-state index in [1.54, 1.807) is 18.2 Å². The van der Waals surface area contributed by atoms with Gasteiger partial charge in [-0.15, -0.1) is 0 Å². The van der Waals surface area contributed by atoms with E-state index < -0.39 is 25.8 Å². The van der Waals surface area contributed by atoms with Gasteiger partial charge in [-0.3, -0.25) is 4.79 Å². The van der Waals surface area contributed by atoms with E-state index in [1.807, 2.05) is 6.07 Å². The summed E-state index contributed by atoms with van der Waals surface area (Å²) >= 11 is 0. The summed E-state index contributed by atoms with van der Waals surface area (Å²) in [5.74, 6) is -0.829. The summed E-state index contributed by atoms with van der Waals surface area (Å²) < 4.78 is 51.5. The summed E-state index contributed by atoms with van der Waals surface area (Å²) in [6, 6.07) is 13.9. The van der Waals surface area contributed by atoms with Crippen molar-refractivity contribution in [3.63, 3.8) is 0 Å². The molecule has 1 amide bonds. The monoisotopic (exact) mass is 461 g/mol. The number of nitriles is 1. The Hall–Kier alpha value is -2.74. The zero-order chi connectivity index (χ0) is 22.6. The molecule has 0 spiro atoms. The molecule has 2 aromatic carbocycles. The summed E-state index contributed by atoms with van der Waals surface area (Å²) in [6.07, 6.45) is 0.647. The number of hydrogen-bond acceptors (Lipinski definition) is 6. The molecule has 0 unspecified atom stereocenters. The van der Waals surface area contributed by atoms with Gasteiger partial charge in [0.25, 0.3) is 0 Å². The first kappa shape index (κ1) is 22.9. The highest BCUT2D eigenvalue weighted by Gasteiger charge is 2.32. The van der Waals surface area contributed by atoms with E-state index in [0.29, 0.717) is 18.4 Å². The molecule has 1 aliphatic heterocycles. The third-order valence-corrected chi connectivity index (χ3v) is 9.01. The number of carbonyl (C=O) groups is 1. The molecule has 1 N–H and O–H groups in total. The summed E-state index contributed by atoms with van der Waals surface area (Å²) in [6.45, 7) is 1.89. The third-order valence-electron chi connectivity index (χ3n) is 5.31. The van der Waals surface area contributed by atoms with Crippen LogP contribution in [-0.2, 0) is 24.7 Å². The van der Waals surface area contributed by atoms with Crippen molar-refractivity contribution < 1.29 is 21.6 Å². The van der Waals surface area contributed by atoms with Crippen LogP contribution in [0.4, 0.5) is 5.69 Å². The van der Waals surface area contributed by atoms with Crippen molar-refractivity contribution >= 4 is 31.5 Å². The highest BCUT2D eigenvalue weighted by Crippen LogP contribution is 2.27. The number of carbonyl (C=O) groups excluding carboxylic acids is 1. The number of para-hydroxylation sites is 1. The van der Waals surface area contributed by atoms with Crippen molar-refractivity contribution in [3.8, 4) is 6.07 Å². The van der Waals surface area contributed by atoms with Crippen LogP contribution >= 0.6 is 0 Å². The molecular formula is C21H23N3O5S2. The molecule has 0 aromatic heterocycles. The zero-order valence-electron chi connectivity index (χ0n) is 17.0. The Kier molecular flexibility index (Phi) is 6.79. The molecule has 10 heteroatoms. The Bertz CT molecular complexity index is 1210. The first-order valence-electron chi connectivity index (χ1n) is 9.82. The molecule has 8 nitrogen and oxygen atoms in total. The predicted octanol–water partition coefficient (Wildman–Crippen LogP) is 2.39. The van der Waals surface area contributed by atoms with E-state index in [4.69, 9.17) is 5.26 Å². The van der Waals surface area contributed by atoms with Gasteiger partial charge in [0.2, 0.25) is 15.9 Å². The van der Waals surface area contributed by atoms with Gasteiger partial charge in [-0.1, -0.05) is 19.1 Å². The lowest BCUT2D eigenvalue weighted by molar-refractivity contribution is -0.120. The quantitative estimate of drug-likeness (QED) is 0.704. The summed E-state index contributed by atoms with van der Waals surface area (Å²) in [5.41, 5.74) is 0.613. The van der Waals surface area contributed by atoms with Gasteiger partial charge in [-0.2, -0.15) is 9.57 Å². The fourth-order valence-corrected chi connectivity index (χ4v) is 5.96. The summed E-state index contributed by atoms with van der Waals surface area (Å²) in [5, 5.41) is 11.6. The number of piperidine rings is 1. The van der Waals surface area contributed by atoms with Gasteiger partial charge < -0.3 is 5.32 Å². The standard InChI is InChI=1S/C21H23N3O5S2/c1-2-30(26,27)20-6-4-3-5-19(20)23-21(25)17-11-13-24(14-12-17)31(28,29)18-9-7-16(15-22)8-10-18/h3-10,17H,2,11-14H2,1H3,(H,23,25). The van der Waals surface area contributed by atoms with Crippen LogP contribution in [0.2, 0.25) is 0 Å². The van der Waals surface area contributed by atoms with Gasteiger partial charge in [-0.25, -0.2) is 16.8 Å². The van der Waals surface area contributed by atoms with Gasteiger partial charge in [0.1, 0.15) is 0 Å². The molecule has 2 aromatic rings. The lowest BCUT2D eigenvalue weighted by Crippen LogP contribution is -2.41. The second-order valence-corrected chi connectivity index (χ2v) is 11.4. The predicted molar refractivity (Wildman–Crippen MR) is 115 cm³/mol. The van der Waals surface area contributed by atoms with Gasteiger partial charge >= 0.3 is 0 Å². The number of hydrogen-bond donors (Lipinski definition) is 1. The molecule has 3 rings (SSSR count). The molecule has 1 fully saturated rings. The van der Waals surface area contributed by atoms with Crippen LogP contribution < -0.4 is 5.32 Å². The van der Waals surface area contributed by atoms with Crippen LogP contribution in [0.1, 0.15) is 25.3 Å². The first-order chi connectivity index (χ1) is 14.7. The Morgan fingerprint density at radius 1 is 1.06 bits per heavy atom. The maximum absolute atomic E-state index is 12.8. The molecular weight excluding hydrogens is 438 g/mol. The maximum Gasteiger partial charge on any atom is 0.243 e. The second-order valence-electron chi connectivity index (χ2n) is 7.20. The molecule has 0 radical (unpaired) electrons. The average molecular weight is 462 g/mol. The number of sulfonamides is 1. The Balaban J connectivity index is 1.67. The number of amides is 1. The van der Waals surface area contributed by atoms with Crippen molar-refractivity contribution in [2.45, 2.75) is 29.6 Å². The highest BCUT2D eigenvalue weighted by molar-refractivity contribution is 7.91. The van der Waals surface area contributed by atoms with Crippen molar-refractivity contribution in [3.05, 3.63) is 54.1 Å². The first-order valence-corrected chi connectivity index (χ1v) is 12.9. The lowest BCUT2D eigenvalue weighted by Gasteiger charge is -2.30. The van der Waals surface area contributed by atoms with E-state index in [-0.39, 0.29) is 40.2 Å². The van der Waals surface area contributed by atoms with E-state index in [2.05, 4.69) is 5.32 Å². The van der Waals surface area contributed by atoms with Crippen LogP contribution in [-0.4, -0.2) is 45.9 Å². The number of nitrogens with one attached hydrogen (secondary N) is 1. The molecule has 1 saturated heterocycles. The van der Waals surface area contributed by atoms with Gasteiger partial charge in [-0.05, 0) is 49.2 Å². The SMILES string of the molecule is CCS(=O)(=O)c1ccccc1NC(=O)C1CCN(S(=O)(=O)c2ccc(C#N)cc2)CC1. The Morgan fingerprint density at radius 2 is 1.68 bits per heavy atom. The average Bonchev–Trinajstić information content (AvgIpc) is 2.79. The number of benzene rings is 2. The van der Waals surface area contributed by atoms with E-state index in [9.17, 15) is 21.6 Å². The van der Waals surface area contributed by atoms with E-state index in [0.717, 1.165) is 0 Å². The Labute approximate surface area is 182 Å². The van der Waals surface area contributed by atoms with Crippen LogP contribution in [0, 0.1) is 17.2 Å². The minimum Gasteiger partial charge on any atom is -0.325 e. The molecule has 0 bridgehead atoms. The van der Waals surface area contributed by atoms with Crippen molar-refractivity contribution in [2.24, 2.45) is 5.92 Å². The van der Waals surface area contributed by atoms with Gasteiger partial charge in [0.05, 0.1) is 32.9 Å². The summed E-state index contributed by atoms with van der Waals surface area (Å²) in [4.78, 5) is 12.9. The molecule has 0 aliphatic carbocycles. The number of sulfone groups is 1. The summed E-state index contributed by atoms with van der Waals surface area (Å²) in [7, 11) is -7.20. The van der Waals surface area contributed by atoms with E-state index in [1.165, 1.54) is 41.6 Å². The zero-order valence-corrected chi connectivity index (χ0v) is 18.6. The maximum atomic E-state index is 12.8. The van der Waals surface area contributed by atoms with Gasteiger partial charge in [0.15, 0.2) is 9.84 Å². The second kappa shape index (κ2) is 9.18. The number of anilines is 1. The third kappa shape index (κ3) is 4.95. The van der Waals surface area contributed by atoms with Gasteiger partial charge in [0, 0.05) is 19.0 Å². The normalized spacial score (nSPS) is 15.9. The highest BCUT2D eigenvalue weighted by atomic mass is 32.2. The fraction of sp³-hybridized carbons (Fsp3) is 0.333. The molecule has 31 heavy (non-hydrogen) atoms. The molecule has 1 heterocycles. The van der Waals surface area contributed by atoms with Crippen LogP contribution in [0.5, 0.6) is 0 Å². The lowest BCUT2D eigenvalue weighted by atomic mass is 9.97. The number of rotatable bonds is 6. The Morgan fingerprint density at radius 3 is 2.26 bits per heavy atom. The molecule has 0 atom stereocenters.